The number of nitrogens with one attached hydrogen (secondary N) is 1. The predicted molar refractivity (Wildman–Crippen MR) is 77.8 cm³/mol. The maximum Gasteiger partial charge on any atom is 0.225 e. The van der Waals surface area contributed by atoms with Crippen molar-refractivity contribution in [1.82, 2.24) is 4.98 Å². The van der Waals surface area contributed by atoms with Crippen LogP contribution < -0.4 is 10.5 Å². The normalized spacial score (nSPS) is 11.5. The molecule has 0 aliphatic heterocycles. The summed E-state index contributed by atoms with van der Waals surface area (Å²) in [5, 5.41) is 8.63. The zero-order valence-electron chi connectivity index (χ0n) is 11.5. The van der Waals surface area contributed by atoms with Crippen LogP contribution in [0.3, 0.4) is 0 Å². The first kappa shape index (κ1) is 13.3. The van der Waals surface area contributed by atoms with Gasteiger partial charge in [-0.2, -0.15) is 0 Å². The van der Waals surface area contributed by atoms with E-state index < -0.39 is 0 Å². The number of fused-ring (bicyclic) bond motifs is 1. The number of nitrogens with zero attached hydrogens (tertiary/aromatic N) is 1. The van der Waals surface area contributed by atoms with Crippen molar-refractivity contribution < 1.29 is 4.74 Å². The maximum absolute atomic E-state index is 7.67. The van der Waals surface area contributed by atoms with E-state index in [2.05, 4.69) is 11.9 Å². The van der Waals surface area contributed by atoms with Gasteiger partial charge >= 0.3 is 0 Å². The minimum atomic E-state index is -0.334. The van der Waals surface area contributed by atoms with E-state index in [1.165, 1.54) is 0 Å². The maximum atomic E-state index is 7.67. The summed E-state index contributed by atoms with van der Waals surface area (Å²) in [6, 6.07) is 9.59. The summed E-state index contributed by atoms with van der Waals surface area (Å²) >= 11 is 0. The van der Waals surface area contributed by atoms with E-state index >= 15 is 0 Å². The van der Waals surface area contributed by atoms with Gasteiger partial charge in [0.05, 0.1) is 11.1 Å². The Bertz CT molecular complexity index is 620. The first-order valence-electron chi connectivity index (χ1n) is 6.36. The minimum Gasteiger partial charge on any atom is -0.471 e. The van der Waals surface area contributed by atoms with Crippen molar-refractivity contribution in [2.75, 3.05) is 0 Å². The molecule has 1 aromatic heterocycles. The average molecular weight is 257 g/mol. The van der Waals surface area contributed by atoms with Crippen LogP contribution in [0.2, 0.25) is 0 Å². The van der Waals surface area contributed by atoms with Crippen LogP contribution in [0, 0.1) is 5.41 Å². The molecule has 0 unspecified atom stereocenters. The molecule has 0 saturated heterocycles. The summed E-state index contributed by atoms with van der Waals surface area (Å²) < 4.78 is 5.92. The molecule has 4 heteroatoms. The van der Waals surface area contributed by atoms with Gasteiger partial charge in [0.1, 0.15) is 11.4 Å². The van der Waals surface area contributed by atoms with Crippen LogP contribution in [0.4, 0.5) is 0 Å². The van der Waals surface area contributed by atoms with E-state index in [1.54, 1.807) is 0 Å². The minimum absolute atomic E-state index is 0.0276. The molecular weight excluding hydrogens is 238 g/mol. The Hall–Kier alpha value is -2.10. The Balaban J connectivity index is 2.57. The number of para-hydroxylation sites is 1. The largest absolute Gasteiger partial charge is 0.471 e. The number of hydrogen-bond acceptors (Lipinski definition) is 3. The third kappa shape index (κ3) is 2.84. The third-order valence-electron chi connectivity index (χ3n) is 3.20. The first-order chi connectivity index (χ1) is 8.93. The van der Waals surface area contributed by atoms with Crippen LogP contribution in [0.5, 0.6) is 5.88 Å². The fourth-order valence-corrected chi connectivity index (χ4v) is 1.70. The van der Waals surface area contributed by atoms with Gasteiger partial charge in [-0.25, -0.2) is 4.98 Å². The molecule has 0 bridgehead atoms. The zero-order valence-corrected chi connectivity index (χ0v) is 11.5. The summed E-state index contributed by atoms with van der Waals surface area (Å²) in [4.78, 5) is 4.49. The lowest BCUT2D eigenvalue weighted by atomic mass is 10.1. The van der Waals surface area contributed by atoms with Gasteiger partial charge in [0.2, 0.25) is 5.88 Å². The predicted octanol–water partition coefficient (Wildman–Crippen LogP) is 3.09. The Labute approximate surface area is 113 Å². The van der Waals surface area contributed by atoms with E-state index in [4.69, 9.17) is 15.9 Å². The molecule has 2 rings (SSSR count). The van der Waals surface area contributed by atoms with Gasteiger partial charge in [-0.05, 0) is 32.4 Å². The van der Waals surface area contributed by atoms with E-state index in [0.29, 0.717) is 11.4 Å². The first-order valence-corrected chi connectivity index (χ1v) is 6.36. The molecular formula is C15H19N3O. The molecule has 0 aliphatic carbocycles. The summed E-state index contributed by atoms with van der Waals surface area (Å²) in [6.07, 6.45) is 0.846. The molecule has 1 heterocycles. The van der Waals surface area contributed by atoms with Gasteiger partial charge in [0.25, 0.3) is 0 Å². The quantitative estimate of drug-likeness (QED) is 0.653. The number of nitrogens with two attached hydrogens (primary N) is 1. The van der Waals surface area contributed by atoms with Gasteiger partial charge in [-0.3, -0.25) is 5.41 Å². The number of aromatic nitrogens is 1. The highest BCUT2D eigenvalue weighted by atomic mass is 16.5. The highest BCUT2D eigenvalue weighted by Gasteiger charge is 2.21. The van der Waals surface area contributed by atoms with Crippen molar-refractivity contribution in [2.45, 2.75) is 32.8 Å². The van der Waals surface area contributed by atoms with Crippen molar-refractivity contribution in [2.24, 2.45) is 5.73 Å². The van der Waals surface area contributed by atoms with Crippen LogP contribution in [0.15, 0.2) is 30.3 Å². The monoisotopic (exact) mass is 257 g/mol. The molecule has 19 heavy (non-hydrogen) atoms. The Morgan fingerprint density at radius 3 is 2.68 bits per heavy atom. The van der Waals surface area contributed by atoms with E-state index in [9.17, 15) is 0 Å². The summed E-state index contributed by atoms with van der Waals surface area (Å²) in [6.45, 7) is 6.04. The lowest BCUT2D eigenvalue weighted by Gasteiger charge is -2.25. The Morgan fingerprint density at radius 1 is 1.37 bits per heavy atom. The van der Waals surface area contributed by atoms with Crippen LogP contribution >= 0.6 is 0 Å². The second-order valence-electron chi connectivity index (χ2n) is 5.16. The van der Waals surface area contributed by atoms with Gasteiger partial charge in [-0.15, -0.1) is 0 Å². The Morgan fingerprint density at radius 2 is 2.05 bits per heavy atom. The molecule has 0 amide bonds. The molecule has 2 aromatic rings. The van der Waals surface area contributed by atoms with Crippen LogP contribution in [-0.2, 0) is 0 Å². The summed E-state index contributed by atoms with van der Waals surface area (Å²) in [5.74, 6) is 0.401. The number of amidine groups is 1. The number of ether oxygens (including phenoxy) is 1. The number of nitrogen functional groups attached to an aromatic ring is 1. The van der Waals surface area contributed by atoms with Gasteiger partial charge in [0, 0.05) is 5.39 Å². The van der Waals surface area contributed by atoms with Crippen molar-refractivity contribution in [3.8, 4) is 5.88 Å². The van der Waals surface area contributed by atoms with E-state index in [1.807, 2.05) is 44.2 Å². The van der Waals surface area contributed by atoms with E-state index in [-0.39, 0.29) is 11.4 Å². The SMILES string of the molecule is CCC(C)(C)Oc1nc2ccccc2cc1C(=N)N. The van der Waals surface area contributed by atoms with Crippen molar-refractivity contribution in [1.29, 1.82) is 5.41 Å². The summed E-state index contributed by atoms with van der Waals surface area (Å²) in [5.41, 5.74) is 6.68. The fraction of sp³-hybridized carbons (Fsp3) is 0.333. The average Bonchev–Trinajstić information content (AvgIpc) is 2.37. The van der Waals surface area contributed by atoms with Crippen LogP contribution in [0.1, 0.15) is 32.8 Å². The molecule has 0 fully saturated rings. The van der Waals surface area contributed by atoms with E-state index in [0.717, 1.165) is 17.3 Å². The van der Waals surface area contributed by atoms with Gasteiger partial charge in [0.15, 0.2) is 0 Å². The van der Waals surface area contributed by atoms with Crippen molar-refractivity contribution >= 4 is 16.7 Å². The van der Waals surface area contributed by atoms with Crippen LogP contribution in [0.25, 0.3) is 10.9 Å². The number of pyridine rings is 1. The highest BCUT2D eigenvalue weighted by molar-refractivity contribution is 6.00. The number of hydrogen-bond donors (Lipinski definition) is 2. The van der Waals surface area contributed by atoms with Gasteiger partial charge < -0.3 is 10.5 Å². The van der Waals surface area contributed by atoms with Crippen molar-refractivity contribution in [3.63, 3.8) is 0 Å². The molecule has 0 spiro atoms. The molecule has 3 N–H and O–H groups in total. The smallest absolute Gasteiger partial charge is 0.225 e. The molecule has 0 radical (unpaired) electrons. The molecule has 1 aromatic carbocycles. The number of benzene rings is 1. The zero-order chi connectivity index (χ0) is 14.0. The number of rotatable bonds is 4. The molecule has 4 nitrogen and oxygen atoms in total. The second kappa shape index (κ2) is 4.88. The second-order valence-corrected chi connectivity index (χ2v) is 5.16. The molecule has 100 valence electrons. The van der Waals surface area contributed by atoms with Crippen molar-refractivity contribution in [3.05, 3.63) is 35.9 Å². The lowest BCUT2D eigenvalue weighted by molar-refractivity contribution is 0.0992. The third-order valence-corrected chi connectivity index (χ3v) is 3.20. The topological polar surface area (TPSA) is 72.0 Å². The Kier molecular flexibility index (Phi) is 3.42. The van der Waals surface area contributed by atoms with Gasteiger partial charge in [-0.1, -0.05) is 25.1 Å². The molecule has 0 saturated carbocycles. The highest BCUT2D eigenvalue weighted by Crippen LogP contribution is 2.26. The molecule has 0 atom stereocenters. The fourth-order valence-electron chi connectivity index (χ4n) is 1.70. The summed E-state index contributed by atoms with van der Waals surface area (Å²) in [7, 11) is 0. The molecule has 0 aliphatic rings. The van der Waals surface area contributed by atoms with Crippen LogP contribution in [-0.4, -0.2) is 16.4 Å². The standard InChI is InChI=1S/C15H19N3O/c1-4-15(2,3)19-14-11(13(16)17)9-10-7-5-6-8-12(10)18-14/h5-9H,4H2,1-3H3,(H3,16,17). The lowest BCUT2D eigenvalue weighted by Crippen LogP contribution is -2.29.